The number of methoxy groups -OCH3 is 2. The first-order chi connectivity index (χ1) is 13.0. The Labute approximate surface area is 161 Å². The minimum Gasteiger partial charge on any atom is -0.497 e. The van der Waals surface area contributed by atoms with Crippen LogP contribution < -0.4 is 9.47 Å². The van der Waals surface area contributed by atoms with E-state index < -0.39 is 10.0 Å². The third-order valence-electron chi connectivity index (χ3n) is 4.88. The second-order valence-corrected chi connectivity index (χ2v) is 8.40. The summed E-state index contributed by atoms with van der Waals surface area (Å²) >= 11 is 0. The predicted octanol–water partition coefficient (Wildman–Crippen LogP) is 2.25. The van der Waals surface area contributed by atoms with Crippen LogP contribution in [0.15, 0.2) is 53.4 Å². The van der Waals surface area contributed by atoms with Crippen molar-refractivity contribution in [3.05, 3.63) is 54.1 Å². The molecule has 1 aliphatic heterocycles. The van der Waals surface area contributed by atoms with E-state index in [2.05, 4.69) is 17.0 Å². The van der Waals surface area contributed by atoms with Gasteiger partial charge in [0.05, 0.1) is 14.2 Å². The molecule has 0 atom stereocenters. The molecule has 0 aliphatic carbocycles. The second kappa shape index (κ2) is 8.73. The Morgan fingerprint density at radius 3 is 2.26 bits per heavy atom. The van der Waals surface area contributed by atoms with Crippen LogP contribution in [0.1, 0.15) is 5.56 Å². The molecule has 0 aromatic heterocycles. The standard InChI is InChI=1S/C20H26N2O4S/c1-25-18-8-9-19(26-2)20(16-18)27(23,24)22-14-12-21(13-15-22)11-10-17-6-4-3-5-7-17/h3-9,16H,10-15H2,1-2H3. The van der Waals surface area contributed by atoms with Gasteiger partial charge in [0.2, 0.25) is 10.0 Å². The van der Waals surface area contributed by atoms with Gasteiger partial charge in [0, 0.05) is 38.8 Å². The summed E-state index contributed by atoms with van der Waals surface area (Å²) in [5.74, 6) is 0.832. The van der Waals surface area contributed by atoms with Crippen LogP contribution in [0.25, 0.3) is 0 Å². The summed E-state index contributed by atoms with van der Waals surface area (Å²) in [6.45, 7) is 3.31. The SMILES string of the molecule is COc1ccc(OC)c(S(=O)(=O)N2CCN(CCc3ccccc3)CC2)c1. The monoisotopic (exact) mass is 390 g/mol. The van der Waals surface area contributed by atoms with Gasteiger partial charge in [0.1, 0.15) is 16.4 Å². The third-order valence-corrected chi connectivity index (χ3v) is 6.80. The van der Waals surface area contributed by atoms with Gasteiger partial charge in [-0.15, -0.1) is 0 Å². The molecule has 1 fully saturated rings. The van der Waals surface area contributed by atoms with Crippen molar-refractivity contribution in [2.24, 2.45) is 0 Å². The van der Waals surface area contributed by atoms with Gasteiger partial charge in [0.25, 0.3) is 0 Å². The summed E-state index contributed by atoms with van der Waals surface area (Å²) in [6.07, 6.45) is 0.970. The minimum absolute atomic E-state index is 0.155. The Hall–Kier alpha value is -2.09. The maximum absolute atomic E-state index is 13.1. The predicted molar refractivity (Wildman–Crippen MR) is 105 cm³/mol. The molecule has 0 unspecified atom stereocenters. The van der Waals surface area contributed by atoms with E-state index in [4.69, 9.17) is 9.47 Å². The molecule has 146 valence electrons. The molecule has 7 heteroatoms. The minimum atomic E-state index is -3.63. The summed E-state index contributed by atoms with van der Waals surface area (Å²) < 4.78 is 38.2. The van der Waals surface area contributed by atoms with E-state index in [9.17, 15) is 8.42 Å². The van der Waals surface area contributed by atoms with Gasteiger partial charge in [0.15, 0.2) is 0 Å². The Kier molecular flexibility index (Phi) is 6.36. The number of piperazine rings is 1. The summed E-state index contributed by atoms with van der Waals surface area (Å²) in [4.78, 5) is 2.46. The molecule has 0 amide bonds. The van der Waals surface area contributed by atoms with Crippen molar-refractivity contribution in [2.45, 2.75) is 11.3 Å². The highest BCUT2D eigenvalue weighted by atomic mass is 32.2. The molecule has 0 saturated carbocycles. The molecule has 1 aliphatic rings. The van der Waals surface area contributed by atoms with Crippen molar-refractivity contribution in [3.63, 3.8) is 0 Å². The van der Waals surface area contributed by atoms with Gasteiger partial charge in [-0.05, 0) is 24.1 Å². The lowest BCUT2D eigenvalue weighted by molar-refractivity contribution is 0.190. The van der Waals surface area contributed by atoms with Gasteiger partial charge < -0.3 is 14.4 Å². The molecular formula is C20H26N2O4S. The van der Waals surface area contributed by atoms with Crippen LogP contribution in [0.5, 0.6) is 11.5 Å². The van der Waals surface area contributed by atoms with E-state index in [1.54, 1.807) is 12.1 Å². The Balaban J connectivity index is 1.64. The van der Waals surface area contributed by atoms with Crippen LogP contribution >= 0.6 is 0 Å². The largest absolute Gasteiger partial charge is 0.497 e. The van der Waals surface area contributed by atoms with Crippen molar-refractivity contribution >= 4 is 10.0 Å². The van der Waals surface area contributed by atoms with E-state index in [-0.39, 0.29) is 4.90 Å². The number of sulfonamides is 1. The molecular weight excluding hydrogens is 364 g/mol. The van der Waals surface area contributed by atoms with Crippen LogP contribution in [-0.2, 0) is 16.4 Å². The molecule has 2 aromatic rings. The number of ether oxygens (including phenoxy) is 2. The number of rotatable bonds is 7. The lowest BCUT2D eigenvalue weighted by Gasteiger charge is -2.34. The van der Waals surface area contributed by atoms with Crippen LogP contribution in [-0.4, -0.2) is 64.6 Å². The van der Waals surface area contributed by atoms with Crippen molar-refractivity contribution in [2.75, 3.05) is 46.9 Å². The van der Waals surface area contributed by atoms with E-state index in [1.165, 1.54) is 30.2 Å². The highest BCUT2D eigenvalue weighted by Crippen LogP contribution is 2.31. The first-order valence-electron chi connectivity index (χ1n) is 9.03. The molecule has 6 nitrogen and oxygen atoms in total. The van der Waals surface area contributed by atoms with Gasteiger partial charge in [-0.3, -0.25) is 0 Å². The highest BCUT2D eigenvalue weighted by molar-refractivity contribution is 7.89. The fraction of sp³-hybridized carbons (Fsp3) is 0.400. The summed E-state index contributed by atoms with van der Waals surface area (Å²) in [7, 11) is -0.634. The normalized spacial score (nSPS) is 16.2. The van der Waals surface area contributed by atoms with E-state index in [0.717, 1.165) is 26.1 Å². The topological polar surface area (TPSA) is 59.1 Å². The lowest BCUT2D eigenvalue weighted by atomic mass is 10.1. The number of hydrogen-bond acceptors (Lipinski definition) is 5. The number of hydrogen-bond donors (Lipinski definition) is 0. The van der Waals surface area contributed by atoms with E-state index >= 15 is 0 Å². The Bertz CT molecular complexity index is 848. The average Bonchev–Trinajstić information content (AvgIpc) is 2.72. The molecule has 0 N–H and O–H groups in total. The van der Waals surface area contributed by atoms with Crippen molar-refractivity contribution in [1.82, 2.24) is 9.21 Å². The zero-order valence-corrected chi connectivity index (χ0v) is 16.6. The average molecular weight is 391 g/mol. The molecule has 1 saturated heterocycles. The first-order valence-corrected chi connectivity index (χ1v) is 10.5. The molecule has 27 heavy (non-hydrogen) atoms. The van der Waals surface area contributed by atoms with Crippen LogP contribution in [0.2, 0.25) is 0 Å². The second-order valence-electron chi connectivity index (χ2n) is 6.50. The van der Waals surface area contributed by atoms with Crippen molar-refractivity contribution in [3.8, 4) is 11.5 Å². The fourth-order valence-corrected chi connectivity index (χ4v) is 4.84. The molecule has 2 aromatic carbocycles. The van der Waals surface area contributed by atoms with Crippen LogP contribution in [0, 0.1) is 0 Å². The first kappa shape index (κ1) is 19.7. The molecule has 0 spiro atoms. The number of nitrogens with zero attached hydrogens (tertiary/aromatic N) is 2. The molecule has 1 heterocycles. The molecule has 0 bridgehead atoms. The van der Waals surface area contributed by atoms with E-state index in [1.807, 2.05) is 18.2 Å². The van der Waals surface area contributed by atoms with Gasteiger partial charge in [-0.2, -0.15) is 4.31 Å². The smallest absolute Gasteiger partial charge is 0.246 e. The molecule has 3 rings (SSSR count). The third kappa shape index (κ3) is 4.61. The zero-order valence-electron chi connectivity index (χ0n) is 15.8. The maximum atomic E-state index is 13.1. The Morgan fingerprint density at radius 1 is 0.926 bits per heavy atom. The van der Waals surface area contributed by atoms with Crippen LogP contribution in [0.4, 0.5) is 0 Å². The summed E-state index contributed by atoms with van der Waals surface area (Å²) in [5, 5.41) is 0. The number of benzene rings is 2. The van der Waals surface area contributed by atoms with Crippen LogP contribution in [0.3, 0.4) is 0 Å². The summed E-state index contributed by atoms with van der Waals surface area (Å²) in [5.41, 5.74) is 1.30. The van der Waals surface area contributed by atoms with Gasteiger partial charge in [-0.1, -0.05) is 30.3 Å². The van der Waals surface area contributed by atoms with Gasteiger partial charge in [-0.25, -0.2) is 8.42 Å². The zero-order chi connectivity index (χ0) is 19.3. The maximum Gasteiger partial charge on any atom is 0.246 e. The quantitative estimate of drug-likeness (QED) is 0.726. The van der Waals surface area contributed by atoms with Crippen molar-refractivity contribution < 1.29 is 17.9 Å². The summed E-state index contributed by atoms with van der Waals surface area (Å²) in [6, 6.07) is 15.2. The highest BCUT2D eigenvalue weighted by Gasteiger charge is 2.31. The van der Waals surface area contributed by atoms with Crippen molar-refractivity contribution in [1.29, 1.82) is 0 Å². The Morgan fingerprint density at radius 2 is 1.63 bits per heavy atom. The van der Waals surface area contributed by atoms with Gasteiger partial charge >= 0.3 is 0 Å². The fourth-order valence-electron chi connectivity index (χ4n) is 3.25. The molecule has 0 radical (unpaired) electrons. The lowest BCUT2D eigenvalue weighted by Crippen LogP contribution is -2.49. The van der Waals surface area contributed by atoms with E-state index in [0.29, 0.717) is 24.6 Å².